The van der Waals surface area contributed by atoms with Gasteiger partial charge in [0.05, 0.1) is 5.56 Å². The zero-order chi connectivity index (χ0) is 14.8. The van der Waals surface area contributed by atoms with Crippen LogP contribution in [-0.2, 0) is 6.18 Å². The van der Waals surface area contributed by atoms with Gasteiger partial charge >= 0.3 is 12.2 Å². The fourth-order valence-corrected chi connectivity index (χ4v) is 2.41. The predicted molar refractivity (Wildman–Crippen MR) is 72.6 cm³/mol. The van der Waals surface area contributed by atoms with Crippen molar-refractivity contribution in [2.75, 3.05) is 31.5 Å². The van der Waals surface area contributed by atoms with Gasteiger partial charge in [0.1, 0.15) is 0 Å². The number of benzene rings is 1. The number of rotatable bonds is 4. The predicted octanol–water partition coefficient (Wildman–Crippen LogP) is 2.91. The summed E-state index contributed by atoms with van der Waals surface area (Å²) in [7, 11) is 0. The second-order valence-corrected chi connectivity index (χ2v) is 5.29. The minimum atomic E-state index is -4.38. The van der Waals surface area contributed by atoms with Gasteiger partial charge in [-0.2, -0.15) is 13.2 Å². The molecule has 2 rings (SSSR count). The SMILES string of the molecule is O=C1NCCN1CCNc1cc(Br)cc(C(F)(F)F)c1. The molecule has 0 aliphatic carbocycles. The van der Waals surface area contributed by atoms with E-state index < -0.39 is 11.7 Å². The molecule has 0 spiro atoms. The molecule has 1 aromatic rings. The molecule has 0 radical (unpaired) electrons. The standard InChI is InChI=1S/C12H13BrF3N3O/c13-9-5-8(12(14,15)16)6-10(7-9)17-1-3-19-4-2-18-11(19)20/h5-7,17H,1-4H2,(H,18,20). The summed E-state index contributed by atoms with van der Waals surface area (Å²) >= 11 is 3.06. The molecule has 1 aliphatic heterocycles. The van der Waals surface area contributed by atoms with Gasteiger partial charge < -0.3 is 15.5 Å². The third-order valence-corrected chi connectivity index (χ3v) is 3.34. The second-order valence-electron chi connectivity index (χ2n) is 4.37. The summed E-state index contributed by atoms with van der Waals surface area (Å²) in [5.74, 6) is 0. The molecule has 1 saturated heterocycles. The maximum Gasteiger partial charge on any atom is 0.416 e. The third-order valence-electron chi connectivity index (χ3n) is 2.88. The van der Waals surface area contributed by atoms with Crippen LogP contribution in [0.5, 0.6) is 0 Å². The Hall–Kier alpha value is -1.44. The van der Waals surface area contributed by atoms with E-state index in [1.807, 2.05) is 0 Å². The summed E-state index contributed by atoms with van der Waals surface area (Å²) in [5.41, 5.74) is -0.348. The first kappa shape index (κ1) is 15.0. The number of anilines is 1. The number of hydrogen-bond acceptors (Lipinski definition) is 2. The van der Waals surface area contributed by atoms with Crippen LogP contribution in [-0.4, -0.2) is 37.1 Å². The second kappa shape index (κ2) is 5.90. The highest BCUT2D eigenvalue weighted by atomic mass is 79.9. The maximum absolute atomic E-state index is 12.7. The molecule has 0 aromatic heterocycles. The van der Waals surface area contributed by atoms with Crippen LogP contribution in [0.4, 0.5) is 23.7 Å². The van der Waals surface area contributed by atoms with Crippen molar-refractivity contribution < 1.29 is 18.0 Å². The lowest BCUT2D eigenvalue weighted by Crippen LogP contribution is -2.32. The summed E-state index contributed by atoms with van der Waals surface area (Å²) < 4.78 is 38.3. The van der Waals surface area contributed by atoms with Crippen LogP contribution in [0, 0.1) is 0 Å². The van der Waals surface area contributed by atoms with Crippen LogP contribution >= 0.6 is 15.9 Å². The number of nitrogens with one attached hydrogen (secondary N) is 2. The minimum absolute atomic E-state index is 0.142. The smallest absolute Gasteiger partial charge is 0.383 e. The van der Waals surface area contributed by atoms with Gasteiger partial charge in [0, 0.05) is 36.3 Å². The van der Waals surface area contributed by atoms with E-state index in [-0.39, 0.29) is 6.03 Å². The fourth-order valence-electron chi connectivity index (χ4n) is 1.92. The van der Waals surface area contributed by atoms with Gasteiger partial charge in [0.15, 0.2) is 0 Å². The minimum Gasteiger partial charge on any atom is -0.383 e. The summed E-state index contributed by atoms with van der Waals surface area (Å²) in [6.07, 6.45) is -4.38. The molecule has 8 heteroatoms. The van der Waals surface area contributed by atoms with E-state index in [9.17, 15) is 18.0 Å². The zero-order valence-corrected chi connectivity index (χ0v) is 12.0. The highest BCUT2D eigenvalue weighted by Crippen LogP contribution is 2.33. The number of amides is 2. The average Bonchev–Trinajstić information content (AvgIpc) is 2.73. The molecule has 4 nitrogen and oxygen atoms in total. The van der Waals surface area contributed by atoms with Crippen molar-refractivity contribution in [1.29, 1.82) is 0 Å². The fraction of sp³-hybridized carbons (Fsp3) is 0.417. The molecule has 0 bridgehead atoms. The lowest BCUT2D eigenvalue weighted by molar-refractivity contribution is -0.137. The zero-order valence-electron chi connectivity index (χ0n) is 10.4. The largest absolute Gasteiger partial charge is 0.416 e. The Morgan fingerprint density at radius 3 is 2.70 bits per heavy atom. The average molecular weight is 352 g/mol. The number of carbonyl (C=O) groups excluding carboxylic acids is 1. The molecular weight excluding hydrogens is 339 g/mol. The molecule has 1 aliphatic rings. The molecule has 2 amide bonds. The number of hydrogen-bond donors (Lipinski definition) is 2. The van der Waals surface area contributed by atoms with Crippen molar-refractivity contribution >= 4 is 27.6 Å². The van der Waals surface area contributed by atoms with Gasteiger partial charge in [-0.15, -0.1) is 0 Å². The van der Waals surface area contributed by atoms with E-state index in [2.05, 4.69) is 26.6 Å². The van der Waals surface area contributed by atoms with Crippen molar-refractivity contribution in [2.45, 2.75) is 6.18 Å². The highest BCUT2D eigenvalue weighted by Gasteiger charge is 2.31. The third kappa shape index (κ3) is 3.78. The van der Waals surface area contributed by atoms with Gasteiger partial charge in [-0.05, 0) is 18.2 Å². The Morgan fingerprint density at radius 1 is 1.35 bits per heavy atom. The Balaban J connectivity index is 1.95. The van der Waals surface area contributed by atoms with Crippen molar-refractivity contribution in [3.05, 3.63) is 28.2 Å². The number of carbonyl (C=O) groups is 1. The first-order chi connectivity index (χ1) is 9.36. The lowest BCUT2D eigenvalue weighted by atomic mass is 10.2. The maximum atomic E-state index is 12.7. The van der Waals surface area contributed by atoms with Gasteiger partial charge in [-0.1, -0.05) is 15.9 Å². The van der Waals surface area contributed by atoms with Crippen LogP contribution < -0.4 is 10.6 Å². The topological polar surface area (TPSA) is 44.4 Å². The van der Waals surface area contributed by atoms with Crippen LogP contribution in [0.25, 0.3) is 0 Å². The number of alkyl halides is 3. The molecule has 0 saturated carbocycles. The first-order valence-corrected chi connectivity index (χ1v) is 6.80. The Kier molecular flexibility index (Phi) is 4.42. The summed E-state index contributed by atoms with van der Waals surface area (Å²) in [4.78, 5) is 12.9. The summed E-state index contributed by atoms with van der Waals surface area (Å²) in [5, 5.41) is 5.55. The van der Waals surface area contributed by atoms with Gasteiger partial charge in [-0.25, -0.2) is 4.79 Å². The van der Waals surface area contributed by atoms with E-state index in [0.717, 1.165) is 12.1 Å². The molecular formula is C12H13BrF3N3O. The normalized spacial score (nSPS) is 15.4. The summed E-state index contributed by atoms with van der Waals surface area (Å²) in [6.45, 7) is 2.06. The number of urea groups is 1. The van der Waals surface area contributed by atoms with Gasteiger partial charge in [0.2, 0.25) is 0 Å². The summed E-state index contributed by atoms with van der Waals surface area (Å²) in [6, 6.07) is 3.50. The van der Waals surface area contributed by atoms with Gasteiger partial charge in [-0.3, -0.25) is 0 Å². The first-order valence-electron chi connectivity index (χ1n) is 6.01. The van der Waals surface area contributed by atoms with E-state index in [1.165, 1.54) is 0 Å². The van der Waals surface area contributed by atoms with Crippen LogP contribution in [0.15, 0.2) is 22.7 Å². The van der Waals surface area contributed by atoms with E-state index in [4.69, 9.17) is 0 Å². The molecule has 0 unspecified atom stereocenters. The molecule has 2 N–H and O–H groups in total. The van der Waals surface area contributed by atoms with Gasteiger partial charge in [0.25, 0.3) is 0 Å². The molecule has 110 valence electrons. The van der Waals surface area contributed by atoms with Crippen molar-refractivity contribution in [3.63, 3.8) is 0 Å². The molecule has 20 heavy (non-hydrogen) atoms. The lowest BCUT2D eigenvalue weighted by Gasteiger charge is -2.16. The number of halogens is 4. The van der Waals surface area contributed by atoms with Crippen molar-refractivity contribution in [3.8, 4) is 0 Å². The van der Waals surface area contributed by atoms with Crippen LogP contribution in [0.3, 0.4) is 0 Å². The monoisotopic (exact) mass is 351 g/mol. The molecule has 1 heterocycles. The van der Waals surface area contributed by atoms with Crippen LogP contribution in [0.1, 0.15) is 5.56 Å². The van der Waals surface area contributed by atoms with E-state index in [1.54, 1.807) is 11.0 Å². The Morgan fingerprint density at radius 2 is 2.10 bits per heavy atom. The van der Waals surface area contributed by atoms with Crippen molar-refractivity contribution in [2.24, 2.45) is 0 Å². The Bertz CT molecular complexity index is 507. The molecule has 1 fully saturated rings. The van der Waals surface area contributed by atoms with Crippen molar-refractivity contribution in [1.82, 2.24) is 10.2 Å². The van der Waals surface area contributed by atoms with Crippen LogP contribution in [0.2, 0.25) is 0 Å². The molecule has 0 atom stereocenters. The van der Waals surface area contributed by atoms with E-state index >= 15 is 0 Å². The molecule has 1 aromatic carbocycles. The van der Waals surface area contributed by atoms with E-state index in [0.29, 0.717) is 36.3 Å². The Labute approximate surface area is 122 Å². The highest BCUT2D eigenvalue weighted by molar-refractivity contribution is 9.10. The quantitative estimate of drug-likeness (QED) is 0.875. The number of nitrogens with zero attached hydrogens (tertiary/aromatic N) is 1.